The summed E-state index contributed by atoms with van der Waals surface area (Å²) in [5.41, 5.74) is 8.29. The van der Waals surface area contributed by atoms with Crippen molar-refractivity contribution in [2.75, 3.05) is 36.2 Å². The maximum atomic E-state index is 16.2. The molecule has 54 heavy (non-hydrogen) atoms. The number of carbonyl (C=O) groups excluding carboxylic acids is 1. The fraction of sp³-hybridized carbons (Fsp3) is 0.543. The largest absolute Gasteiger partial charge is 0.493 e. The van der Waals surface area contributed by atoms with Gasteiger partial charge in [0, 0.05) is 22.6 Å². The summed E-state index contributed by atoms with van der Waals surface area (Å²) in [6.07, 6.45) is 14.4. The van der Waals surface area contributed by atoms with E-state index >= 15 is 4.39 Å². The minimum atomic E-state index is -0.566. The van der Waals surface area contributed by atoms with E-state index in [9.17, 15) is 4.79 Å². The first kappa shape index (κ1) is 44.7. The van der Waals surface area contributed by atoms with Gasteiger partial charge in [0.2, 0.25) is 0 Å². The third-order valence-corrected chi connectivity index (χ3v) is 13.1. The van der Waals surface area contributed by atoms with Crippen LogP contribution in [0.5, 0.6) is 5.75 Å². The number of thiol groups is 4. The number of carbonyl (C=O) groups is 1. The molecule has 0 atom stereocenters. The summed E-state index contributed by atoms with van der Waals surface area (Å²) >= 11 is 18.2. The second-order valence-electron chi connectivity index (χ2n) is 15.4. The molecule has 3 nitrogen and oxygen atoms in total. The van der Waals surface area contributed by atoms with E-state index in [0.29, 0.717) is 35.2 Å². The lowest BCUT2D eigenvalue weighted by Crippen LogP contribution is -2.38. The Labute approximate surface area is 347 Å². The monoisotopic (exact) mass is 810 g/mol. The normalized spacial score (nSPS) is 16.0. The van der Waals surface area contributed by atoms with Crippen LogP contribution in [-0.4, -0.2) is 42.2 Å². The number of hydrogen-bond donors (Lipinski definition) is 4. The van der Waals surface area contributed by atoms with E-state index in [0.717, 1.165) is 101 Å². The van der Waals surface area contributed by atoms with Crippen molar-refractivity contribution in [1.82, 2.24) is 0 Å². The Bertz CT molecular complexity index is 1660. The highest BCUT2D eigenvalue weighted by atomic mass is 32.1. The molecule has 0 radical (unpaired) electrons. The molecule has 1 saturated carbocycles. The van der Waals surface area contributed by atoms with Gasteiger partial charge >= 0.3 is 5.97 Å². The Kier molecular flexibility index (Phi) is 18.8. The first-order valence-electron chi connectivity index (χ1n) is 20.1. The lowest BCUT2D eigenvalue weighted by atomic mass is 9.76. The zero-order chi connectivity index (χ0) is 39.1. The predicted octanol–water partition coefficient (Wildman–Crippen LogP) is 12.6. The van der Waals surface area contributed by atoms with E-state index in [1.54, 1.807) is 6.92 Å². The van der Waals surface area contributed by atoms with Crippen LogP contribution in [0.4, 0.5) is 4.39 Å². The van der Waals surface area contributed by atoms with Crippen molar-refractivity contribution >= 4 is 56.5 Å². The SMILES string of the molecule is C=C(C)C(=O)OCC(CS)(CS)COc1ccc(-c2cc(CC)c(-c3ccc(C4CCC(CCCCC)CC4)cc3F)cc2CCCS)cc1CCCS. The van der Waals surface area contributed by atoms with Gasteiger partial charge in [-0.05, 0) is 145 Å². The van der Waals surface area contributed by atoms with Crippen LogP contribution >= 0.6 is 50.5 Å². The van der Waals surface area contributed by atoms with Crippen molar-refractivity contribution in [3.05, 3.63) is 88.8 Å². The molecule has 3 aromatic rings. The maximum Gasteiger partial charge on any atom is 0.333 e. The number of halogens is 1. The number of rotatable bonds is 22. The van der Waals surface area contributed by atoms with Gasteiger partial charge in [0.15, 0.2) is 0 Å². The Morgan fingerprint density at radius 3 is 2.09 bits per heavy atom. The molecule has 0 N–H and O–H groups in total. The minimum Gasteiger partial charge on any atom is -0.493 e. The molecule has 0 heterocycles. The van der Waals surface area contributed by atoms with Crippen molar-refractivity contribution < 1.29 is 18.7 Å². The van der Waals surface area contributed by atoms with E-state index in [1.807, 2.05) is 18.2 Å². The molecule has 0 spiro atoms. The lowest BCUT2D eigenvalue weighted by molar-refractivity contribution is -0.142. The number of unbranched alkanes of at least 4 members (excludes halogenated alkanes) is 2. The number of benzene rings is 3. The summed E-state index contributed by atoms with van der Waals surface area (Å²) < 4.78 is 28.2. The summed E-state index contributed by atoms with van der Waals surface area (Å²) in [4.78, 5) is 12.2. The highest BCUT2D eigenvalue weighted by Crippen LogP contribution is 2.41. The van der Waals surface area contributed by atoms with Gasteiger partial charge in [-0.25, -0.2) is 9.18 Å². The average molecular weight is 811 g/mol. The molecule has 0 bridgehead atoms. The van der Waals surface area contributed by atoms with Crippen LogP contribution in [0, 0.1) is 17.2 Å². The molecule has 296 valence electrons. The molecule has 0 saturated heterocycles. The van der Waals surface area contributed by atoms with E-state index in [4.69, 9.17) is 9.47 Å². The van der Waals surface area contributed by atoms with Gasteiger partial charge in [-0.3, -0.25) is 0 Å². The molecular weight excluding hydrogens is 748 g/mol. The van der Waals surface area contributed by atoms with Gasteiger partial charge in [-0.1, -0.05) is 76.4 Å². The van der Waals surface area contributed by atoms with Crippen LogP contribution in [0.15, 0.2) is 60.7 Å². The summed E-state index contributed by atoms with van der Waals surface area (Å²) in [5.74, 6) is 3.92. The van der Waals surface area contributed by atoms with Crippen LogP contribution in [0.25, 0.3) is 22.3 Å². The minimum absolute atomic E-state index is 0.122. The Hall–Kier alpha value is -2.00. The molecule has 0 unspecified atom stereocenters. The number of ether oxygens (including phenoxy) is 2. The quantitative estimate of drug-likeness (QED) is 0.0353. The van der Waals surface area contributed by atoms with Gasteiger partial charge in [0.25, 0.3) is 0 Å². The highest BCUT2D eigenvalue weighted by Gasteiger charge is 2.31. The average Bonchev–Trinajstić information content (AvgIpc) is 3.19. The van der Waals surface area contributed by atoms with Crippen molar-refractivity contribution in [2.45, 2.75) is 110 Å². The first-order valence-corrected chi connectivity index (χ1v) is 22.6. The van der Waals surface area contributed by atoms with E-state index in [-0.39, 0.29) is 12.4 Å². The molecule has 0 aromatic heterocycles. The van der Waals surface area contributed by atoms with Crippen LogP contribution in [0.1, 0.15) is 113 Å². The summed E-state index contributed by atoms with van der Waals surface area (Å²) in [6, 6.07) is 17.0. The van der Waals surface area contributed by atoms with E-state index < -0.39 is 11.4 Å². The smallest absolute Gasteiger partial charge is 0.333 e. The predicted molar refractivity (Wildman–Crippen MR) is 241 cm³/mol. The summed E-state index contributed by atoms with van der Waals surface area (Å²) in [5, 5.41) is 0. The maximum absolute atomic E-state index is 16.2. The molecule has 0 amide bonds. The van der Waals surface area contributed by atoms with E-state index in [1.165, 1.54) is 44.1 Å². The van der Waals surface area contributed by atoms with Gasteiger partial charge in [0.05, 0.1) is 12.0 Å². The van der Waals surface area contributed by atoms with Crippen molar-refractivity contribution in [3.63, 3.8) is 0 Å². The number of esters is 1. The zero-order valence-electron chi connectivity index (χ0n) is 32.8. The van der Waals surface area contributed by atoms with Gasteiger partial charge in [-0.2, -0.15) is 50.5 Å². The van der Waals surface area contributed by atoms with E-state index in [2.05, 4.69) is 101 Å². The van der Waals surface area contributed by atoms with Gasteiger partial charge in [0.1, 0.15) is 18.2 Å². The summed E-state index contributed by atoms with van der Waals surface area (Å²) in [7, 11) is 0. The van der Waals surface area contributed by atoms with Crippen molar-refractivity contribution in [3.8, 4) is 28.0 Å². The number of hydrogen-bond acceptors (Lipinski definition) is 7. The molecule has 1 aliphatic rings. The Morgan fingerprint density at radius 1 is 0.796 bits per heavy atom. The van der Waals surface area contributed by atoms with Crippen LogP contribution in [0.3, 0.4) is 0 Å². The molecule has 4 rings (SSSR count). The highest BCUT2D eigenvalue weighted by molar-refractivity contribution is 7.81. The number of aryl methyl sites for hydroxylation is 3. The van der Waals surface area contributed by atoms with Gasteiger partial charge < -0.3 is 9.47 Å². The topological polar surface area (TPSA) is 35.5 Å². The Balaban J connectivity index is 1.63. The fourth-order valence-corrected chi connectivity index (χ4v) is 8.73. The fourth-order valence-electron chi connectivity index (χ4n) is 7.65. The second kappa shape index (κ2) is 22.7. The molecule has 3 aromatic carbocycles. The third-order valence-electron chi connectivity index (χ3n) is 11.2. The summed E-state index contributed by atoms with van der Waals surface area (Å²) in [6.45, 7) is 10.2. The van der Waals surface area contributed by atoms with Crippen molar-refractivity contribution in [1.29, 1.82) is 0 Å². The lowest BCUT2D eigenvalue weighted by Gasteiger charge is -2.30. The molecule has 1 aliphatic carbocycles. The van der Waals surface area contributed by atoms with Crippen LogP contribution < -0.4 is 4.74 Å². The third kappa shape index (κ3) is 12.2. The second-order valence-corrected chi connectivity index (χ2v) is 16.9. The molecule has 8 heteroatoms. The van der Waals surface area contributed by atoms with Crippen LogP contribution in [0.2, 0.25) is 0 Å². The standard InChI is InChI=1S/C46H63FO3S4/c1-5-7-8-11-33-14-16-35(17-15-33)36-18-20-40(43(47)27-36)42-26-37(12-9-22-51)41(25-34(42)6-2)38-19-21-44(39(24-38)13-10-23-52)49-28-46(30-53,31-54)29-50-45(48)32(3)4/h18-21,24-27,33,35,51-54H,3,5-17,22-23,28-31H2,1-2,4H3. The molecular formula is C46H63FO3S4. The zero-order valence-corrected chi connectivity index (χ0v) is 36.4. The van der Waals surface area contributed by atoms with Crippen molar-refractivity contribution in [2.24, 2.45) is 11.3 Å². The molecule has 0 aliphatic heterocycles. The molecule has 1 fully saturated rings. The first-order chi connectivity index (χ1) is 26.1. The van der Waals surface area contributed by atoms with Gasteiger partial charge in [-0.15, -0.1) is 0 Å². The Morgan fingerprint density at radius 2 is 1.48 bits per heavy atom. The van der Waals surface area contributed by atoms with Crippen LogP contribution in [-0.2, 0) is 28.8 Å².